The average molecular weight is 231 g/mol. The van der Waals surface area contributed by atoms with E-state index in [9.17, 15) is 4.79 Å². The van der Waals surface area contributed by atoms with Crippen LogP contribution in [0.5, 0.6) is 5.75 Å². The minimum Gasteiger partial charge on any atom is -0.479 e. The van der Waals surface area contributed by atoms with E-state index in [0.717, 1.165) is 10.9 Å². The van der Waals surface area contributed by atoms with Gasteiger partial charge in [0.25, 0.3) is 5.91 Å². The first-order valence-electron chi connectivity index (χ1n) is 5.22. The van der Waals surface area contributed by atoms with Crippen LogP contribution in [0.4, 0.5) is 0 Å². The van der Waals surface area contributed by atoms with Gasteiger partial charge in [0.05, 0.1) is 11.7 Å². The van der Waals surface area contributed by atoms with E-state index < -0.39 is 6.10 Å². The molecule has 0 bridgehead atoms. The average Bonchev–Trinajstić information content (AvgIpc) is 2.37. The minimum atomic E-state index is -0.650. The van der Waals surface area contributed by atoms with Crippen molar-refractivity contribution in [2.75, 3.05) is 0 Å². The number of hydrogen-bond donors (Lipinski definition) is 2. The number of aromatic nitrogens is 1. The first-order chi connectivity index (χ1) is 8.20. The van der Waals surface area contributed by atoms with Gasteiger partial charge in [0.2, 0.25) is 0 Å². The van der Waals surface area contributed by atoms with Crippen LogP contribution in [0, 0.1) is 0 Å². The lowest BCUT2D eigenvalue weighted by molar-refractivity contribution is -0.127. The quantitative estimate of drug-likeness (QED) is 0.469. The van der Waals surface area contributed by atoms with Crippen molar-refractivity contribution in [2.45, 2.75) is 13.0 Å². The van der Waals surface area contributed by atoms with Gasteiger partial charge in [-0.2, -0.15) is 0 Å². The summed E-state index contributed by atoms with van der Waals surface area (Å²) in [5.41, 5.74) is 2.92. The fourth-order valence-corrected chi connectivity index (χ4v) is 1.49. The molecule has 0 aliphatic rings. The maximum atomic E-state index is 11.2. The summed E-state index contributed by atoms with van der Waals surface area (Å²) in [4.78, 5) is 15.4. The van der Waals surface area contributed by atoms with Crippen LogP contribution in [0.1, 0.15) is 6.92 Å². The molecule has 1 heterocycles. The normalized spacial score (nSPS) is 12.1. The lowest BCUT2D eigenvalue weighted by Crippen LogP contribution is -2.40. The molecule has 1 atom stereocenters. The molecule has 5 heteroatoms. The fraction of sp³-hybridized carbons (Fsp3) is 0.167. The smallest absolute Gasteiger partial charge is 0.274 e. The van der Waals surface area contributed by atoms with Crippen LogP contribution in [-0.4, -0.2) is 17.0 Å². The van der Waals surface area contributed by atoms with Gasteiger partial charge in [-0.3, -0.25) is 15.2 Å². The van der Waals surface area contributed by atoms with Gasteiger partial charge in [-0.05, 0) is 19.1 Å². The van der Waals surface area contributed by atoms with Gasteiger partial charge in [-0.1, -0.05) is 18.2 Å². The van der Waals surface area contributed by atoms with Crippen LogP contribution in [0.15, 0.2) is 36.5 Å². The van der Waals surface area contributed by atoms with Crippen molar-refractivity contribution < 1.29 is 9.53 Å². The van der Waals surface area contributed by atoms with E-state index in [1.165, 1.54) is 0 Å². The third-order valence-corrected chi connectivity index (χ3v) is 2.39. The van der Waals surface area contributed by atoms with Crippen LogP contribution in [-0.2, 0) is 4.79 Å². The van der Waals surface area contributed by atoms with E-state index in [1.54, 1.807) is 13.1 Å². The number of amides is 1. The van der Waals surface area contributed by atoms with E-state index in [1.807, 2.05) is 35.8 Å². The van der Waals surface area contributed by atoms with Crippen molar-refractivity contribution in [1.82, 2.24) is 10.4 Å². The van der Waals surface area contributed by atoms with Crippen LogP contribution in [0.2, 0.25) is 0 Å². The molecule has 0 spiro atoms. The van der Waals surface area contributed by atoms with Crippen molar-refractivity contribution in [1.29, 1.82) is 0 Å². The van der Waals surface area contributed by atoms with Crippen molar-refractivity contribution in [3.63, 3.8) is 0 Å². The number of nitrogens with one attached hydrogen (secondary N) is 1. The maximum Gasteiger partial charge on any atom is 0.274 e. The second-order valence-electron chi connectivity index (χ2n) is 3.63. The van der Waals surface area contributed by atoms with Crippen molar-refractivity contribution in [3.05, 3.63) is 36.5 Å². The van der Waals surface area contributed by atoms with Crippen molar-refractivity contribution >= 4 is 16.8 Å². The van der Waals surface area contributed by atoms with Gasteiger partial charge < -0.3 is 4.74 Å². The fourth-order valence-electron chi connectivity index (χ4n) is 1.49. The van der Waals surface area contributed by atoms with Crippen molar-refractivity contribution in [3.8, 4) is 5.75 Å². The molecule has 2 rings (SSSR count). The number of nitrogens with two attached hydrogens (primary N) is 1. The maximum absolute atomic E-state index is 11.2. The largest absolute Gasteiger partial charge is 0.479 e. The number of benzene rings is 1. The first-order valence-corrected chi connectivity index (χ1v) is 5.22. The van der Waals surface area contributed by atoms with Gasteiger partial charge in [0.1, 0.15) is 5.75 Å². The Labute approximate surface area is 98.6 Å². The number of ether oxygens (including phenoxy) is 1. The lowest BCUT2D eigenvalue weighted by Gasteiger charge is -2.12. The number of carbonyl (C=O) groups excluding carboxylic acids is 1. The zero-order valence-electron chi connectivity index (χ0n) is 9.38. The zero-order chi connectivity index (χ0) is 12.3. The highest BCUT2D eigenvalue weighted by atomic mass is 16.5. The van der Waals surface area contributed by atoms with E-state index >= 15 is 0 Å². The molecule has 0 saturated heterocycles. The standard InChI is InChI=1S/C12H13N3O2/c1-8(12(16)15-13)17-10-6-9-4-2-3-5-11(9)14-7-10/h2-8H,13H2,1H3,(H,15,16). The zero-order valence-corrected chi connectivity index (χ0v) is 9.38. The number of carbonyl (C=O) groups is 1. The molecule has 1 unspecified atom stereocenters. The Kier molecular flexibility index (Phi) is 3.20. The van der Waals surface area contributed by atoms with Crippen LogP contribution < -0.4 is 16.0 Å². The molecular formula is C12H13N3O2. The third-order valence-electron chi connectivity index (χ3n) is 2.39. The molecule has 0 radical (unpaired) electrons. The number of hydrogen-bond acceptors (Lipinski definition) is 4. The van der Waals surface area contributed by atoms with E-state index in [-0.39, 0.29) is 5.91 Å². The van der Waals surface area contributed by atoms with Crippen molar-refractivity contribution in [2.24, 2.45) is 5.84 Å². The van der Waals surface area contributed by atoms with Crippen LogP contribution in [0.25, 0.3) is 10.9 Å². The van der Waals surface area contributed by atoms with E-state index in [0.29, 0.717) is 5.75 Å². The van der Waals surface area contributed by atoms with Crippen LogP contribution >= 0.6 is 0 Å². The number of nitrogens with zero attached hydrogens (tertiary/aromatic N) is 1. The molecule has 0 aliphatic heterocycles. The van der Waals surface area contributed by atoms with Gasteiger partial charge in [-0.15, -0.1) is 0 Å². The molecule has 5 nitrogen and oxygen atoms in total. The number of para-hydroxylation sites is 1. The molecule has 2 aromatic rings. The SMILES string of the molecule is CC(Oc1cnc2ccccc2c1)C(=O)NN. The summed E-state index contributed by atoms with van der Waals surface area (Å²) >= 11 is 0. The highest BCUT2D eigenvalue weighted by molar-refractivity contribution is 5.81. The summed E-state index contributed by atoms with van der Waals surface area (Å²) in [6.07, 6.45) is 0.936. The van der Waals surface area contributed by atoms with Crippen LogP contribution in [0.3, 0.4) is 0 Å². The Morgan fingerprint density at radius 1 is 1.47 bits per heavy atom. The van der Waals surface area contributed by atoms with Gasteiger partial charge >= 0.3 is 0 Å². The number of fused-ring (bicyclic) bond motifs is 1. The molecule has 0 fully saturated rings. The third kappa shape index (κ3) is 2.51. The number of pyridine rings is 1. The summed E-state index contributed by atoms with van der Waals surface area (Å²) in [5.74, 6) is 5.19. The molecule has 1 aromatic heterocycles. The predicted molar refractivity (Wildman–Crippen MR) is 64.2 cm³/mol. The first kappa shape index (κ1) is 11.3. The second-order valence-corrected chi connectivity index (χ2v) is 3.63. The summed E-state index contributed by atoms with van der Waals surface area (Å²) in [5, 5.41) is 0.963. The Morgan fingerprint density at radius 3 is 3.00 bits per heavy atom. The lowest BCUT2D eigenvalue weighted by atomic mass is 10.2. The topological polar surface area (TPSA) is 77.2 Å². The molecule has 3 N–H and O–H groups in total. The number of hydrazine groups is 1. The highest BCUT2D eigenvalue weighted by Crippen LogP contribution is 2.18. The minimum absolute atomic E-state index is 0.377. The Balaban J connectivity index is 2.22. The van der Waals surface area contributed by atoms with Gasteiger partial charge in [0, 0.05) is 5.39 Å². The van der Waals surface area contributed by atoms with E-state index in [4.69, 9.17) is 10.6 Å². The summed E-state index contributed by atoms with van der Waals surface area (Å²) in [6.45, 7) is 1.62. The molecular weight excluding hydrogens is 218 g/mol. The monoisotopic (exact) mass is 231 g/mol. The molecule has 0 aliphatic carbocycles. The summed E-state index contributed by atoms with van der Waals surface area (Å²) in [7, 11) is 0. The molecule has 0 saturated carbocycles. The predicted octanol–water partition coefficient (Wildman–Crippen LogP) is 0.992. The highest BCUT2D eigenvalue weighted by Gasteiger charge is 2.13. The Morgan fingerprint density at radius 2 is 2.24 bits per heavy atom. The Bertz CT molecular complexity index is 542. The Hall–Kier alpha value is -2.14. The molecule has 88 valence electrons. The van der Waals surface area contributed by atoms with Gasteiger partial charge in [-0.25, -0.2) is 5.84 Å². The molecule has 17 heavy (non-hydrogen) atoms. The molecule has 1 aromatic carbocycles. The summed E-state index contributed by atoms with van der Waals surface area (Å²) < 4.78 is 5.42. The van der Waals surface area contributed by atoms with E-state index in [2.05, 4.69) is 4.98 Å². The van der Waals surface area contributed by atoms with Gasteiger partial charge in [0.15, 0.2) is 6.10 Å². The number of rotatable bonds is 3. The second kappa shape index (κ2) is 4.80. The molecule has 1 amide bonds. The summed E-state index contributed by atoms with van der Waals surface area (Å²) in [6, 6.07) is 9.52.